The molecule has 7 heteroatoms. The summed E-state index contributed by atoms with van der Waals surface area (Å²) in [5, 5.41) is 4.07. The molecule has 0 aliphatic carbocycles. The van der Waals surface area contributed by atoms with Crippen LogP contribution in [-0.4, -0.2) is 25.8 Å². The van der Waals surface area contributed by atoms with Crippen LogP contribution in [-0.2, 0) is 6.61 Å². The molecule has 0 aromatic heterocycles. The zero-order valence-electron chi connectivity index (χ0n) is 17.3. The molecule has 0 heterocycles. The molecule has 1 amide bonds. The third-order valence-electron chi connectivity index (χ3n) is 4.30. The summed E-state index contributed by atoms with van der Waals surface area (Å²) >= 11 is 3.53. The summed E-state index contributed by atoms with van der Waals surface area (Å²) in [6.45, 7) is 2.83. The van der Waals surface area contributed by atoms with Gasteiger partial charge in [0.15, 0.2) is 11.5 Å². The van der Waals surface area contributed by atoms with Crippen LogP contribution < -0.4 is 19.6 Å². The van der Waals surface area contributed by atoms with Crippen LogP contribution in [0.4, 0.5) is 0 Å². The van der Waals surface area contributed by atoms with Gasteiger partial charge in [0.1, 0.15) is 12.4 Å². The van der Waals surface area contributed by atoms with Crippen molar-refractivity contribution in [3.63, 3.8) is 0 Å². The van der Waals surface area contributed by atoms with E-state index < -0.39 is 0 Å². The number of hydrogen-bond donors (Lipinski definition) is 1. The maximum Gasteiger partial charge on any atom is 0.271 e. The van der Waals surface area contributed by atoms with Gasteiger partial charge in [-0.25, -0.2) is 5.43 Å². The molecule has 0 atom stereocenters. The van der Waals surface area contributed by atoms with E-state index in [9.17, 15) is 4.79 Å². The first kappa shape index (κ1) is 22.4. The fourth-order valence-electron chi connectivity index (χ4n) is 2.76. The second kappa shape index (κ2) is 11.2. The highest BCUT2D eigenvalue weighted by molar-refractivity contribution is 9.10. The minimum absolute atomic E-state index is 0.334. The van der Waals surface area contributed by atoms with Crippen LogP contribution in [0.2, 0.25) is 0 Å². The summed E-state index contributed by atoms with van der Waals surface area (Å²) in [6.07, 6.45) is 1.55. The van der Waals surface area contributed by atoms with Gasteiger partial charge in [0.25, 0.3) is 5.91 Å². The van der Waals surface area contributed by atoms with Gasteiger partial charge in [-0.1, -0.05) is 36.4 Å². The number of amides is 1. The quantitative estimate of drug-likeness (QED) is 0.336. The van der Waals surface area contributed by atoms with Gasteiger partial charge in [-0.2, -0.15) is 5.10 Å². The van der Waals surface area contributed by atoms with Crippen molar-refractivity contribution in [3.05, 3.63) is 87.9 Å². The summed E-state index contributed by atoms with van der Waals surface area (Å²) < 4.78 is 17.6. The Morgan fingerprint density at radius 2 is 1.81 bits per heavy atom. The minimum Gasteiger partial charge on any atom is -0.497 e. The summed E-state index contributed by atoms with van der Waals surface area (Å²) in [5.41, 5.74) is 4.77. The first-order chi connectivity index (χ1) is 15.1. The van der Waals surface area contributed by atoms with Gasteiger partial charge in [0, 0.05) is 15.6 Å². The lowest BCUT2D eigenvalue weighted by molar-refractivity contribution is 0.0955. The van der Waals surface area contributed by atoms with Crippen molar-refractivity contribution in [2.75, 3.05) is 13.7 Å². The van der Waals surface area contributed by atoms with Gasteiger partial charge in [-0.3, -0.25) is 4.79 Å². The van der Waals surface area contributed by atoms with Crippen LogP contribution in [0, 0.1) is 0 Å². The van der Waals surface area contributed by atoms with Gasteiger partial charge in [-0.15, -0.1) is 0 Å². The molecule has 0 saturated carbocycles. The molecule has 31 heavy (non-hydrogen) atoms. The molecule has 160 valence electrons. The Kier molecular flexibility index (Phi) is 8.06. The van der Waals surface area contributed by atoms with Crippen molar-refractivity contribution in [1.82, 2.24) is 5.43 Å². The Morgan fingerprint density at radius 3 is 2.55 bits per heavy atom. The number of hydrogen-bond acceptors (Lipinski definition) is 5. The lowest BCUT2D eigenvalue weighted by Gasteiger charge is -2.14. The molecule has 3 aromatic carbocycles. The Hall–Kier alpha value is -3.32. The van der Waals surface area contributed by atoms with E-state index in [4.69, 9.17) is 14.2 Å². The van der Waals surface area contributed by atoms with E-state index in [0.29, 0.717) is 36.0 Å². The van der Waals surface area contributed by atoms with Crippen LogP contribution >= 0.6 is 15.9 Å². The highest BCUT2D eigenvalue weighted by Crippen LogP contribution is 2.33. The molecule has 3 aromatic rings. The summed E-state index contributed by atoms with van der Waals surface area (Å²) in [5.74, 6) is 1.49. The number of methoxy groups -OCH3 is 1. The Morgan fingerprint density at radius 1 is 1.03 bits per heavy atom. The molecule has 0 spiro atoms. The number of carbonyl (C=O) groups excluding carboxylic acids is 1. The number of carbonyl (C=O) groups is 1. The van der Waals surface area contributed by atoms with Crippen LogP contribution in [0.25, 0.3) is 0 Å². The second-order valence-corrected chi connectivity index (χ2v) is 7.31. The van der Waals surface area contributed by atoms with E-state index in [1.807, 2.05) is 49.4 Å². The summed E-state index contributed by atoms with van der Waals surface area (Å²) in [6, 6.07) is 20.4. The van der Waals surface area contributed by atoms with Crippen LogP contribution in [0.15, 0.2) is 76.3 Å². The fraction of sp³-hybridized carbons (Fsp3) is 0.167. The van der Waals surface area contributed by atoms with E-state index >= 15 is 0 Å². The predicted molar refractivity (Wildman–Crippen MR) is 124 cm³/mol. The number of nitrogens with one attached hydrogen (secondary N) is 1. The van der Waals surface area contributed by atoms with Crippen molar-refractivity contribution in [3.8, 4) is 17.2 Å². The van der Waals surface area contributed by atoms with Gasteiger partial charge in [-0.05, 0) is 58.7 Å². The van der Waals surface area contributed by atoms with E-state index in [0.717, 1.165) is 15.6 Å². The highest BCUT2D eigenvalue weighted by Gasteiger charge is 2.11. The summed E-state index contributed by atoms with van der Waals surface area (Å²) in [4.78, 5) is 12.3. The first-order valence-corrected chi connectivity index (χ1v) is 10.5. The first-order valence-electron chi connectivity index (χ1n) is 9.71. The molecule has 0 unspecified atom stereocenters. The molecule has 0 bridgehead atoms. The van der Waals surface area contributed by atoms with E-state index in [2.05, 4.69) is 26.5 Å². The van der Waals surface area contributed by atoms with Gasteiger partial charge < -0.3 is 14.2 Å². The molecule has 0 aliphatic rings. The van der Waals surface area contributed by atoms with E-state index in [1.165, 1.54) is 0 Å². The average Bonchev–Trinajstić information content (AvgIpc) is 2.80. The molecule has 0 fully saturated rings. The molecule has 0 radical (unpaired) electrons. The number of benzene rings is 3. The Balaban J connectivity index is 1.71. The van der Waals surface area contributed by atoms with Crippen molar-refractivity contribution in [1.29, 1.82) is 0 Å². The number of rotatable bonds is 9. The van der Waals surface area contributed by atoms with Crippen LogP contribution in [0.1, 0.15) is 28.4 Å². The third kappa shape index (κ3) is 6.33. The fourth-order valence-corrected chi connectivity index (χ4v) is 3.18. The molecular weight excluding hydrogens is 460 g/mol. The Bertz CT molecular complexity index is 1050. The predicted octanol–water partition coefficient (Wildman–Crippen LogP) is 5.20. The monoisotopic (exact) mass is 482 g/mol. The van der Waals surface area contributed by atoms with Gasteiger partial charge in [0.05, 0.1) is 19.9 Å². The average molecular weight is 483 g/mol. The molecule has 3 rings (SSSR count). The highest BCUT2D eigenvalue weighted by atomic mass is 79.9. The smallest absolute Gasteiger partial charge is 0.271 e. The SMILES string of the molecule is CCOc1cc(/C=N\NC(=O)c2cccc(OC)c2)c(Br)cc1OCc1ccccc1. The zero-order valence-corrected chi connectivity index (χ0v) is 18.9. The second-order valence-electron chi connectivity index (χ2n) is 6.46. The van der Waals surface area contributed by atoms with Crippen LogP contribution in [0.5, 0.6) is 17.2 Å². The lowest BCUT2D eigenvalue weighted by atomic mass is 10.2. The maximum atomic E-state index is 12.3. The standard InChI is InChI=1S/C24H23BrN2O4/c1-3-30-22-13-19(15-26-27-24(28)18-10-7-11-20(12-18)29-2)21(25)14-23(22)31-16-17-8-5-4-6-9-17/h4-15H,3,16H2,1-2H3,(H,27,28)/b26-15-. The zero-order chi connectivity index (χ0) is 22.1. The molecule has 6 nitrogen and oxygen atoms in total. The van der Waals surface area contributed by atoms with Crippen molar-refractivity contribution < 1.29 is 19.0 Å². The van der Waals surface area contributed by atoms with Crippen molar-refractivity contribution in [2.45, 2.75) is 13.5 Å². The third-order valence-corrected chi connectivity index (χ3v) is 4.99. The topological polar surface area (TPSA) is 69.2 Å². The normalized spacial score (nSPS) is 10.7. The van der Waals surface area contributed by atoms with Gasteiger partial charge >= 0.3 is 0 Å². The molecule has 0 aliphatic heterocycles. The minimum atomic E-state index is -0.334. The van der Waals surface area contributed by atoms with E-state index in [-0.39, 0.29) is 5.91 Å². The number of nitrogens with zero attached hydrogens (tertiary/aromatic N) is 1. The van der Waals surface area contributed by atoms with Crippen LogP contribution in [0.3, 0.4) is 0 Å². The number of halogens is 1. The summed E-state index contributed by atoms with van der Waals surface area (Å²) in [7, 11) is 1.55. The molecule has 1 N–H and O–H groups in total. The molecule has 0 saturated heterocycles. The number of hydrazone groups is 1. The number of ether oxygens (including phenoxy) is 3. The molecular formula is C24H23BrN2O4. The lowest BCUT2D eigenvalue weighted by Crippen LogP contribution is -2.17. The van der Waals surface area contributed by atoms with Crippen molar-refractivity contribution >= 4 is 28.1 Å². The van der Waals surface area contributed by atoms with Gasteiger partial charge in [0.2, 0.25) is 0 Å². The van der Waals surface area contributed by atoms with Crippen molar-refractivity contribution in [2.24, 2.45) is 5.10 Å². The van der Waals surface area contributed by atoms with E-state index in [1.54, 1.807) is 37.6 Å². The Labute approximate surface area is 190 Å². The maximum absolute atomic E-state index is 12.3. The largest absolute Gasteiger partial charge is 0.497 e.